The number of carbonyl (C=O) groups excluding carboxylic acids is 3. The first-order valence-corrected chi connectivity index (χ1v) is 7.30. The molecule has 1 saturated heterocycles. The molecular formula is C15H26N2O4. The SMILES string of the molecule is CCOC(=O)C(C(=O)N1CCNC(=O)C1(C)C)C(C)(C)C. The maximum absolute atomic E-state index is 12.9. The second-order valence-electron chi connectivity index (χ2n) is 6.86. The van der Waals surface area contributed by atoms with Crippen molar-refractivity contribution in [3.63, 3.8) is 0 Å². The molecule has 1 aliphatic rings. The number of amides is 2. The summed E-state index contributed by atoms with van der Waals surface area (Å²) in [5, 5.41) is 2.74. The number of ether oxygens (including phenoxy) is 1. The summed E-state index contributed by atoms with van der Waals surface area (Å²) in [6, 6.07) is 0. The van der Waals surface area contributed by atoms with E-state index in [0.29, 0.717) is 13.1 Å². The van der Waals surface area contributed by atoms with Gasteiger partial charge < -0.3 is 15.0 Å². The van der Waals surface area contributed by atoms with Crippen LogP contribution in [0.4, 0.5) is 0 Å². The van der Waals surface area contributed by atoms with Crippen molar-refractivity contribution in [3.8, 4) is 0 Å². The van der Waals surface area contributed by atoms with Crippen LogP contribution in [0, 0.1) is 11.3 Å². The average Bonchev–Trinajstić information content (AvgIpc) is 2.31. The molecule has 1 aliphatic heterocycles. The van der Waals surface area contributed by atoms with Crippen LogP contribution in [0.5, 0.6) is 0 Å². The van der Waals surface area contributed by atoms with E-state index in [9.17, 15) is 14.4 Å². The minimum Gasteiger partial charge on any atom is -0.465 e. The third kappa shape index (κ3) is 3.54. The molecule has 0 aromatic heterocycles. The maximum atomic E-state index is 12.9. The number of hydrogen-bond donors (Lipinski definition) is 1. The molecule has 1 atom stereocenters. The molecule has 0 saturated carbocycles. The summed E-state index contributed by atoms with van der Waals surface area (Å²) in [5.74, 6) is -2.00. The maximum Gasteiger partial charge on any atom is 0.319 e. The second kappa shape index (κ2) is 6.03. The van der Waals surface area contributed by atoms with E-state index in [1.165, 1.54) is 4.90 Å². The van der Waals surface area contributed by atoms with E-state index in [4.69, 9.17) is 4.74 Å². The van der Waals surface area contributed by atoms with Crippen molar-refractivity contribution in [1.29, 1.82) is 0 Å². The molecule has 6 heteroatoms. The highest BCUT2D eigenvalue weighted by atomic mass is 16.5. The van der Waals surface area contributed by atoms with Gasteiger partial charge in [0.25, 0.3) is 0 Å². The Bertz CT molecular complexity index is 437. The van der Waals surface area contributed by atoms with Crippen LogP contribution in [0.2, 0.25) is 0 Å². The third-order valence-corrected chi connectivity index (χ3v) is 3.75. The number of nitrogens with zero attached hydrogens (tertiary/aromatic N) is 1. The Morgan fingerprint density at radius 3 is 2.43 bits per heavy atom. The lowest BCUT2D eigenvalue weighted by molar-refractivity contribution is -0.166. The number of nitrogens with one attached hydrogen (secondary N) is 1. The summed E-state index contributed by atoms with van der Waals surface area (Å²) in [7, 11) is 0. The van der Waals surface area contributed by atoms with Gasteiger partial charge in [-0.2, -0.15) is 0 Å². The summed E-state index contributed by atoms with van der Waals surface area (Å²) in [4.78, 5) is 38.5. The molecule has 0 aromatic carbocycles. The summed E-state index contributed by atoms with van der Waals surface area (Å²) in [6.45, 7) is 11.6. The molecule has 0 spiro atoms. The van der Waals surface area contributed by atoms with Crippen molar-refractivity contribution in [2.45, 2.75) is 47.1 Å². The van der Waals surface area contributed by atoms with Crippen molar-refractivity contribution < 1.29 is 19.1 Å². The van der Waals surface area contributed by atoms with Gasteiger partial charge in [0, 0.05) is 13.1 Å². The minimum absolute atomic E-state index is 0.210. The highest BCUT2D eigenvalue weighted by molar-refractivity contribution is 6.01. The lowest BCUT2D eigenvalue weighted by Crippen LogP contribution is -2.65. The molecule has 120 valence electrons. The van der Waals surface area contributed by atoms with E-state index < -0.39 is 22.8 Å². The summed E-state index contributed by atoms with van der Waals surface area (Å²) in [5.41, 5.74) is -1.54. The van der Waals surface area contributed by atoms with E-state index in [1.807, 2.05) is 20.8 Å². The Hall–Kier alpha value is -1.59. The van der Waals surface area contributed by atoms with Gasteiger partial charge in [-0.1, -0.05) is 20.8 Å². The Morgan fingerprint density at radius 2 is 1.95 bits per heavy atom. The molecule has 1 fully saturated rings. The van der Waals surface area contributed by atoms with E-state index in [-0.39, 0.29) is 18.4 Å². The Labute approximate surface area is 126 Å². The fourth-order valence-corrected chi connectivity index (χ4v) is 2.49. The molecule has 1 rings (SSSR count). The number of esters is 1. The van der Waals surface area contributed by atoms with Gasteiger partial charge >= 0.3 is 5.97 Å². The van der Waals surface area contributed by atoms with Gasteiger partial charge in [0.1, 0.15) is 11.5 Å². The molecule has 21 heavy (non-hydrogen) atoms. The van der Waals surface area contributed by atoms with Crippen molar-refractivity contribution in [2.75, 3.05) is 19.7 Å². The monoisotopic (exact) mass is 298 g/mol. The molecule has 0 aromatic rings. The van der Waals surface area contributed by atoms with E-state index in [2.05, 4.69) is 5.32 Å². The van der Waals surface area contributed by atoms with Gasteiger partial charge in [0.05, 0.1) is 6.61 Å². The lowest BCUT2D eigenvalue weighted by atomic mass is 9.78. The van der Waals surface area contributed by atoms with Gasteiger partial charge in [0.15, 0.2) is 0 Å². The Kier molecular flexibility index (Phi) is 5.02. The standard InChI is InChI=1S/C15H26N2O4/c1-7-21-12(19)10(14(2,3)4)11(18)17-9-8-16-13(20)15(17,5)6/h10H,7-9H2,1-6H3,(H,16,20). The normalized spacial score (nSPS) is 19.7. The number of piperazine rings is 1. The van der Waals surface area contributed by atoms with Crippen LogP contribution in [-0.4, -0.2) is 47.9 Å². The average molecular weight is 298 g/mol. The molecule has 0 aliphatic carbocycles. The predicted molar refractivity (Wildman–Crippen MR) is 78.4 cm³/mol. The predicted octanol–water partition coefficient (Wildman–Crippen LogP) is 0.949. The first-order valence-electron chi connectivity index (χ1n) is 7.30. The minimum atomic E-state index is -0.967. The van der Waals surface area contributed by atoms with Gasteiger partial charge in [-0.15, -0.1) is 0 Å². The van der Waals surface area contributed by atoms with Crippen LogP contribution in [0.15, 0.2) is 0 Å². The summed E-state index contributed by atoms with van der Waals surface area (Å²) < 4.78 is 5.05. The number of carbonyl (C=O) groups is 3. The van der Waals surface area contributed by atoms with Crippen LogP contribution < -0.4 is 5.32 Å². The smallest absolute Gasteiger partial charge is 0.319 e. The Morgan fingerprint density at radius 1 is 1.38 bits per heavy atom. The molecule has 1 N–H and O–H groups in total. The topological polar surface area (TPSA) is 75.7 Å². The summed E-state index contributed by atoms with van der Waals surface area (Å²) >= 11 is 0. The van der Waals surface area contributed by atoms with Crippen molar-refractivity contribution >= 4 is 17.8 Å². The second-order valence-corrected chi connectivity index (χ2v) is 6.86. The molecule has 2 amide bonds. The Balaban J connectivity index is 3.11. The van der Waals surface area contributed by atoms with E-state index in [0.717, 1.165) is 0 Å². The zero-order valence-corrected chi connectivity index (χ0v) is 13.8. The zero-order chi connectivity index (χ0) is 16.4. The van der Waals surface area contributed by atoms with Crippen LogP contribution in [0.25, 0.3) is 0 Å². The van der Waals surface area contributed by atoms with Gasteiger partial charge in [0.2, 0.25) is 11.8 Å². The van der Waals surface area contributed by atoms with Gasteiger partial charge in [-0.3, -0.25) is 14.4 Å². The lowest BCUT2D eigenvalue weighted by Gasteiger charge is -2.44. The summed E-state index contributed by atoms with van der Waals surface area (Å²) in [6.07, 6.45) is 0. The fraction of sp³-hybridized carbons (Fsp3) is 0.800. The highest BCUT2D eigenvalue weighted by Gasteiger charge is 2.48. The first kappa shape index (κ1) is 17.5. The number of hydrogen-bond acceptors (Lipinski definition) is 4. The molecule has 0 bridgehead atoms. The van der Waals surface area contributed by atoms with Crippen molar-refractivity contribution in [3.05, 3.63) is 0 Å². The molecular weight excluding hydrogens is 272 g/mol. The molecule has 1 heterocycles. The highest BCUT2D eigenvalue weighted by Crippen LogP contribution is 2.31. The van der Waals surface area contributed by atoms with Gasteiger partial charge in [-0.25, -0.2) is 0 Å². The zero-order valence-electron chi connectivity index (χ0n) is 13.8. The van der Waals surface area contributed by atoms with E-state index >= 15 is 0 Å². The number of rotatable bonds is 3. The first-order chi connectivity index (χ1) is 9.53. The third-order valence-electron chi connectivity index (χ3n) is 3.75. The van der Waals surface area contributed by atoms with Crippen LogP contribution >= 0.6 is 0 Å². The largest absolute Gasteiger partial charge is 0.465 e. The van der Waals surface area contributed by atoms with Crippen molar-refractivity contribution in [2.24, 2.45) is 11.3 Å². The van der Waals surface area contributed by atoms with Crippen LogP contribution in [-0.2, 0) is 19.1 Å². The fourth-order valence-electron chi connectivity index (χ4n) is 2.49. The molecule has 1 unspecified atom stereocenters. The van der Waals surface area contributed by atoms with Crippen LogP contribution in [0.1, 0.15) is 41.5 Å². The van der Waals surface area contributed by atoms with Gasteiger partial charge in [-0.05, 0) is 26.2 Å². The van der Waals surface area contributed by atoms with Crippen LogP contribution in [0.3, 0.4) is 0 Å². The quantitative estimate of drug-likeness (QED) is 0.622. The van der Waals surface area contributed by atoms with Crippen molar-refractivity contribution in [1.82, 2.24) is 10.2 Å². The van der Waals surface area contributed by atoms with E-state index in [1.54, 1.807) is 20.8 Å². The molecule has 0 radical (unpaired) electrons. The molecule has 6 nitrogen and oxygen atoms in total.